The number of hydrogen-bond donors (Lipinski definition) is 1. The maximum Gasteiger partial charge on any atom is 0.223 e. The Balaban J connectivity index is 1.76. The molecule has 2 rings (SSSR count). The predicted octanol–water partition coefficient (Wildman–Crippen LogP) is 1.39. The normalized spacial score (nSPS) is 35.6. The Bertz CT molecular complexity index is 290. The minimum Gasteiger partial charge on any atom is -0.378 e. The maximum absolute atomic E-state index is 12.3. The summed E-state index contributed by atoms with van der Waals surface area (Å²) in [6, 6.07) is 0.264. The highest BCUT2D eigenvalue weighted by Crippen LogP contribution is 2.34. The molecule has 0 aromatic carbocycles. The Morgan fingerprint density at radius 2 is 2.17 bits per heavy atom. The zero-order valence-electron chi connectivity index (χ0n) is 11.6. The molecule has 1 saturated carbocycles. The number of ether oxygens (including phenoxy) is 1. The molecule has 18 heavy (non-hydrogen) atoms. The summed E-state index contributed by atoms with van der Waals surface area (Å²) in [5.41, 5.74) is 5.78. The van der Waals surface area contributed by atoms with E-state index in [0.717, 1.165) is 32.4 Å². The molecule has 2 N–H and O–H groups in total. The average molecular weight is 254 g/mol. The molecule has 1 saturated heterocycles. The number of carbonyl (C=O) groups is 1. The van der Waals surface area contributed by atoms with E-state index in [1.54, 1.807) is 0 Å². The summed E-state index contributed by atoms with van der Waals surface area (Å²) < 4.78 is 5.53. The minimum atomic E-state index is 0.264. The fourth-order valence-electron chi connectivity index (χ4n) is 3.25. The van der Waals surface area contributed by atoms with Gasteiger partial charge in [-0.3, -0.25) is 4.79 Å². The number of nitrogens with zero attached hydrogens (tertiary/aromatic N) is 1. The van der Waals surface area contributed by atoms with Gasteiger partial charge in [0.1, 0.15) is 0 Å². The van der Waals surface area contributed by atoms with Crippen molar-refractivity contribution in [3.05, 3.63) is 0 Å². The van der Waals surface area contributed by atoms with Crippen LogP contribution in [-0.4, -0.2) is 42.6 Å². The Kier molecular flexibility index (Phi) is 4.62. The number of hydrogen-bond acceptors (Lipinski definition) is 3. The fraction of sp³-hybridized carbons (Fsp3) is 0.929. The van der Waals surface area contributed by atoms with E-state index < -0.39 is 0 Å². The van der Waals surface area contributed by atoms with Gasteiger partial charge in [0.25, 0.3) is 0 Å². The Hall–Kier alpha value is -0.610. The van der Waals surface area contributed by atoms with Crippen molar-refractivity contribution in [1.82, 2.24) is 4.90 Å². The highest BCUT2D eigenvalue weighted by Gasteiger charge is 2.37. The van der Waals surface area contributed by atoms with Gasteiger partial charge in [-0.2, -0.15) is 0 Å². The molecule has 2 unspecified atom stereocenters. The van der Waals surface area contributed by atoms with Crippen molar-refractivity contribution < 1.29 is 9.53 Å². The van der Waals surface area contributed by atoms with Gasteiger partial charge in [-0.15, -0.1) is 0 Å². The molecule has 1 aliphatic carbocycles. The van der Waals surface area contributed by atoms with Gasteiger partial charge in [-0.25, -0.2) is 0 Å². The molecule has 104 valence electrons. The third-order valence-electron chi connectivity index (χ3n) is 4.50. The van der Waals surface area contributed by atoms with Crippen LogP contribution in [0.4, 0.5) is 0 Å². The first kappa shape index (κ1) is 13.8. The van der Waals surface area contributed by atoms with E-state index >= 15 is 0 Å². The largest absolute Gasteiger partial charge is 0.378 e. The molecule has 4 heteroatoms. The molecule has 2 aliphatic rings. The van der Waals surface area contributed by atoms with Crippen LogP contribution in [0.15, 0.2) is 0 Å². The highest BCUT2D eigenvalue weighted by atomic mass is 16.5. The van der Waals surface area contributed by atoms with E-state index in [1.165, 1.54) is 0 Å². The molecular weight excluding hydrogens is 228 g/mol. The first-order chi connectivity index (χ1) is 8.65. The standard InChI is InChI=1S/C14H26N2O2/c1-3-18-12-6-11(7-12)8-14(17)16-5-4-10(2)13(16)9-15/h10-13H,3-9,15H2,1-2H3. The van der Waals surface area contributed by atoms with Crippen molar-refractivity contribution in [2.75, 3.05) is 19.7 Å². The molecule has 0 aromatic rings. The van der Waals surface area contributed by atoms with Crippen molar-refractivity contribution in [2.45, 2.75) is 51.7 Å². The number of nitrogens with two attached hydrogens (primary N) is 1. The van der Waals surface area contributed by atoms with E-state index in [9.17, 15) is 4.79 Å². The van der Waals surface area contributed by atoms with Gasteiger partial charge < -0.3 is 15.4 Å². The zero-order valence-corrected chi connectivity index (χ0v) is 11.6. The van der Waals surface area contributed by atoms with Crippen LogP contribution >= 0.6 is 0 Å². The summed E-state index contributed by atoms with van der Waals surface area (Å²) in [5.74, 6) is 1.38. The van der Waals surface area contributed by atoms with Gasteiger partial charge in [-0.1, -0.05) is 6.92 Å². The fourth-order valence-corrected chi connectivity index (χ4v) is 3.25. The van der Waals surface area contributed by atoms with Crippen LogP contribution in [0.5, 0.6) is 0 Å². The van der Waals surface area contributed by atoms with E-state index in [4.69, 9.17) is 10.5 Å². The lowest BCUT2D eigenvalue weighted by Crippen LogP contribution is -2.44. The van der Waals surface area contributed by atoms with Crippen LogP contribution in [0.2, 0.25) is 0 Å². The first-order valence-corrected chi connectivity index (χ1v) is 7.26. The first-order valence-electron chi connectivity index (χ1n) is 7.26. The van der Waals surface area contributed by atoms with Gasteiger partial charge in [0.15, 0.2) is 0 Å². The molecule has 1 aliphatic heterocycles. The molecular formula is C14H26N2O2. The topological polar surface area (TPSA) is 55.6 Å². The molecule has 2 fully saturated rings. The van der Waals surface area contributed by atoms with Crippen LogP contribution in [0.25, 0.3) is 0 Å². The van der Waals surface area contributed by atoms with Crippen LogP contribution < -0.4 is 5.73 Å². The van der Waals surface area contributed by atoms with Crippen LogP contribution in [0.1, 0.15) is 39.5 Å². The van der Waals surface area contributed by atoms with Crippen molar-refractivity contribution >= 4 is 5.91 Å². The van der Waals surface area contributed by atoms with E-state index in [1.807, 2.05) is 11.8 Å². The van der Waals surface area contributed by atoms with Gasteiger partial charge >= 0.3 is 0 Å². The third kappa shape index (κ3) is 2.86. The average Bonchev–Trinajstić information content (AvgIpc) is 2.67. The molecule has 1 heterocycles. The number of amides is 1. The highest BCUT2D eigenvalue weighted by molar-refractivity contribution is 5.77. The SMILES string of the molecule is CCOC1CC(CC(=O)N2CCC(C)C2CN)C1. The lowest BCUT2D eigenvalue weighted by molar-refractivity contribution is -0.135. The second kappa shape index (κ2) is 6.02. The molecule has 2 atom stereocenters. The Morgan fingerprint density at radius 3 is 2.78 bits per heavy atom. The summed E-state index contributed by atoms with van der Waals surface area (Å²) in [7, 11) is 0. The number of likely N-dealkylation sites (tertiary alicyclic amines) is 1. The van der Waals surface area contributed by atoms with Gasteiger partial charge in [-0.05, 0) is 38.0 Å². The predicted molar refractivity (Wildman–Crippen MR) is 71.1 cm³/mol. The number of rotatable bonds is 5. The maximum atomic E-state index is 12.3. The van der Waals surface area contributed by atoms with E-state index in [0.29, 0.717) is 36.8 Å². The summed E-state index contributed by atoms with van der Waals surface area (Å²) in [5, 5.41) is 0. The Labute approximate surface area is 110 Å². The third-order valence-corrected chi connectivity index (χ3v) is 4.50. The minimum absolute atomic E-state index is 0.264. The van der Waals surface area contributed by atoms with E-state index in [-0.39, 0.29) is 6.04 Å². The number of carbonyl (C=O) groups excluding carboxylic acids is 1. The zero-order chi connectivity index (χ0) is 13.1. The smallest absolute Gasteiger partial charge is 0.223 e. The Morgan fingerprint density at radius 1 is 1.44 bits per heavy atom. The van der Waals surface area contributed by atoms with Crippen molar-refractivity contribution in [3.8, 4) is 0 Å². The summed E-state index contributed by atoms with van der Waals surface area (Å²) in [6.45, 7) is 6.49. The summed E-state index contributed by atoms with van der Waals surface area (Å²) >= 11 is 0. The molecule has 0 spiro atoms. The molecule has 0 radical (unpaired) electrons. The van der Waals surface area contributed by atoms with E-state index in [2.05, 4.69) is 6.92 Å². The lowest BCUT2D eigenvalue weighted by Gasteiger charge is -2.36. The van der Waals surface area contributed by atoms with Crippen LogP contribution in [0, 0.1) is 11.8 Å². The van der Waals surface area contributed by atoms with Gasteiger partial charge in [0.05, 0.1) is 6.10 Å². The van der Waals surface area contributed by atoms with Crippen LogP contribution in [-0.2, 0) is 9.53 Å². The van der Waals surface area contributed by atoms with Crippen molar-refractivity contribution in [3.63, 3.8) is 0 Å². The van der Waals surface area contributed by atoms with Crippen LogP contribution in [0.3, 0.4) is 0 Å². The van der Waals surface area contributed by atoms with Gasteiger partial charge in [0.2, 0.25) is 5.91 Å². The quantitative estimate of drug-likeness (QED) is 0.806. The van der Waals surface area contributed by atoms with Crippen molar-refractivity contribution in [1.29, 1.82) is 0 Å². The van der Waals surface area contributed by atoms with Gasteiger partial charge in [0, 0.05) is 32.2 Å². The lowest BCUT2D eigenvalue weighted by atomic mass is 9.79. The summed E-state index contributed by atoms with van der Waals surface area (Å²) in [4.78, 5) is 14.3. The van der Waals surface area contributed by atoms with Crippen molar-refractivity contribution in [2.24, 2.45) is 17.6 Å². The second-order valence-electron chi connectivity index (χ2n) is 5.78. The monoisotopic (exact) mass is 254 g/mol. The molecule has 1 amide bonds. The second-order valence-corrected chi connectivity index (χ2v) is 5.78. The molecule has 0 bridgehead atoms. The molecule has 0 aromatic heterocycles. The molecule has 4 nitrogen and oxygen atoms in total. The summed E-state index contributed by atoms with van der Waals surface area (Å²) in [6.07, 6.45) is 4.29.